The summed E-state index contributed by atoms with van der Waals surface area (Å²) >= 11 is 3.55. The van der Waals surface area contributed by atoms with Crippen molar-refractivity contribution < 1.29 is 0 Å². The maximum absolute atomic E-state index is 4.41. The van der Waals surface area contributed by atoms with Crippen molar-refractivity contribution in [2.45, 2.75) is 37.9 Å². The van der Waals surface area contributed by atoms with Crippen molar-refractivity contribution in [1.82, 2.24) is 9.78 Å². The first-order chi connectivity index (χ1) is 6.13. The molecule has 0 saturated carbocycles. The van der Waals surface area contributed by atoms with Crippen LogP contribution in [0.5, 0.6) is 0 Å². The summed E-state index contributed by atoms with van der Waals surface area (Å²) in [6.45, 7) is 4.32. The fourth-order valence-electron chi connectivity index (χ4n) is 1.33. The van der Waals surface area contributed by atoms with Gasteiger partial charge in [-0.15, -0.1) is 0 Å². The topological polar surface area (TPSA) is 17.8 Å². The van der Waals surface area contributed by atoms with Gasteiger partial charge in [0.2, 0.25) is 0 Å². The van der Waals surface area contributed by atoms with Crippen molar-refractivity contribution >= 4 is 15.9 Å². The molecule has 0 spiro atoms. The largest absolute Gasteiger partial charge is 0.272 e. The summed E-state index contributed by atoms with van der Waals surface area (Å²) in [4.78, 5) is 0.590. The Kier molecular flexibility index (Phi) is 3.97. The van der Waals surface area contributed by atoms with E-state index in [1.807, 2.05) is 11.7 Å². The maximum Gasteiger partial charge on any atom is 0.0624 e. The molecule has 0 amide bonds. The van der Waals surface area contributed by atoms with E-state index >= 15 is 0 Å². The van der Waals surface area contributed by atoms with Gasteiger partial charge in [0.05, 0.1) is 5.69 Å². The van der Waals surface area contributed by atoms with Crippen LogP contribution in [0, 0.1) is 0 Å². The van der Waals surface area contributed by atoms with E-state index in [4.69, 9.17) is 0 Å². The Morgan fingerprint density at radius 1 is 1.62 bits per heavy atom. The smallest absolute Gasteiger partial charge is 0.0624 e. The van der Waals surface area contributed by atoms with Crippen LogP contribution >= 0.6 is 15.9 Å². The number of halogens is 1. The maximum atomic E-state index is 4.41. The highest BCUT2D eigenvalue weighted by atomic mass is 79.9. The van der Waals surface area contributed by atoms with E-state index in [1.165, 1.54) is 17.8 Å². The lowest BCUT2D eigenvalue weighted by Gasteiger charge is -2.02. The van der Waals surface area contributed by atoms with Crippen molar-refractivity contribution in [1.29, 1.82) is 0 Å². The van der Waals surface area contributed by atoms with Gasteiger partial charge in [0.1, 0.15) is 0 Å². The molecular formula is C10H17BrN2. The molecule has 0 radical (unpaired) electrons. The Morgan fingerprint density at radius 3 is 2.77 bits per heavy atom. The molecule has 13 heavy (non-hydrogen) atoms. The van der Waals surface area contributed by atoms with Crippen molar-refractivity contribution in [3.05, 3.63) is 17.5 Å². The molecule has 0 bridgehead atoms. The fourth-order valence-corrected chi connectivity index (χ4v) is 1.55. The Labute approximate surface area is 88.5 Å². The molecule has 2 nitrogen and oxygen atoms in total. The van der Waals surface area contributed by atoms with Crippen LogP contribution in [-0.2, 0) is 19.9 Å². The van der Waals surface area contributed by atoms with E-state index in [0.29, 0.717) is 4.83 Å². The number of rotatable bonds is 4. The lowest BCUT2D eigenvalue weighted by atomic mass is 10.2. The van der Waals surface area contributed by atoms with Gasteiger partial charge in [-0.25, -0.2) is 0 Å². The molecule has 1 rings (SSSR count). The van der Waals surface area contributed by atoms with Gasteiger partial charge in [-0.3, -0.25) is 4.68 Å². The highest BCUT2D eigenvalue weighted by Gasteiger charge is 2.04. The van der Waals surface area contributed by atoms with E-state index in [-0.39, 0.29) is 0 Å². The molecule has 1 unspecified atom stereocenters. The number of hydrogen-bond acceptors (Lipinski definition) is 1. The first kappa shape index (κ1) is 10.8. The third kappa shape index (κ3) is 3.14. The van der Waals surface area contributed by atoms with Crippen LogP contribution in [0.2, 0.25) is 0 Å². The molecule has 0 fully saturated rings. The first-order valence-corrected chi connectivity index (χ1v) is 5.71. The quantitative estimate of drug-likeness (QED) is 0.746. The zero-order chi connectivity index (χ0) is 9.84. The highest BCUT2D eigenvalue weighted by molar-refractivity contribution is 9.09. The van der Waals surface area contributed by atoms with E-state index in [2.05, 4.69) is 40.9 Å². The van der Waals surface area contributed by atoms with Crippen molar-refractivity contribution in [2.24, 2.45) is 7.05 Å². The second-order valence-corrected chi connectivity index (χ2v) is 4.99. The second kappa shape index (κ2) is 4.80. The Morgan fingerprint density at radius 2 is 2.31 bits per heavy atom. The number of nitrogens with zero attached hydrogens (tertiary/aromatic N) is 2. The first-order valence-electron chi connectivity index (χ1n) is 4.79. The van der Waals surface area contributed by atoms with E-state index in [0.717, 1.165) is 12.8 Å². The Bertz CT molecular complexity index is 266. The van der Waals surface area contributed by atoms with Crippen molar-refractivity contribution in [2.75, 3.05) is 0 Å². The highest BCUT2D eigenvalue weighted by Crippen LogP contribution is 2.11. The SMILES string of the molecule is CCc1cc(CCC(C)Br)n(C)n1. The summed E-state index contributed by atoms with van der Waals surface area (Å²) in [6.07, 6.45) is 3.30. The minimum Gasteiger partial charge on any atom is -0.272 e. The zero-order valence-electron chi connectivity index (χ0n) is 8.55. The van der Waals surface area contributed by atoms with Crippen LogP contribution in [-0.4, -0.2) is 14.6 Å². The molecule has 0 N–H and O–H groups in total. The van der Waals surface area contributed by atoms with Gasteiger partial charge in [0, 0.05) is 17.6 Å². The number of aryl methyl sites for hydroxylation is 3. The molecule has 74 valence electrons. The van der Waals surface area contributed by atoms with Crippen LogP contribution in [0.15, 0.2) is 6.07 Å². The van der Waals surface area contributed by atoms with Gasteiger partial charge in [-0.05, 0) is 25.3 Å². The predicted octanol–water partition coefficient (Wildman–Crippen LogP) is 2.70. The summed E-state index contributed by atoms with van der Waals surface area (Å²) in [5.41, 5.74) is 2.53. The summed E-state index contributed by atoms with van der Waals surface area (Å²) in [6, 6.07) is 2.20. The summed E-state index contributed by atoms with van der Waals surface area (Å²) in [7, 11) is 2.02. The standard InChI is InChI=1S/C10H17BrN2/c1-4-9-7-10(13(3)12-9)6-5-8(2)11/h7-8H,4-6H2,1-3H3. The molecule has 0 aliphatic heterocycles. The van der Waals surface area contributed by atoms with E-state index < -0.39 is 0 Å². The Balaban J connectivity index is 2.60. The van der Waals surface area contributed by atoms with Crippen molar-refractivity contribution in [3.8, 4) is 0 Å². The number of alkyl halides is 1. The average molecular weight is 245 g/mol. The molecule has 0 aliphatic carbocycles. The fraction of sp³-hybridized carbons (Fsp3) is 0.700. The van der Waals surface area contributed by atoms with E-state index in [1.54, 1.807) is 0 Å². The zero-order valence-corrected chi connectivity index (χ0v) is 10.1. The molecule has 1 aromatic heterocycles. The monoisotopic (exact) mass is 244 g/mol. The molecule has 0 aromatic carbocycles. The summed E-state index contributed by atoms with van der Waals surface area (Å²) in [5.74, 6) is 0. The van der Waals surface area contributed by atoms with Crippen LogP contribution in [0.4, 0.5) is 0 Å². The van der Waals surface area contributed by atoms with Gasteiger partial charge in [0.15, 0.2) is 0 Å². The molecular weight excluding hydrogens is 228 g/mol. The third-order valence-corrected chi connectivity index (χ3v) is 2.65. The second-order valence-electron chi connectivity index (χ2n) is 3.42. The summed E-state index contributed by atoms with van der Waals surface area (Å²) in [5, 5.41) is 4.41. The minimum absolute atomic E-state index is 0.590. The molecule has 1 aromatic rings. The molecule has 3 heteroatoms. The van der Waals surface area contributed by atoms with Gasteiger partial charge < -0.3 is 0 Å². The lowest BCUT2D eigenvalue weighted by Crippen LogP contribution is -2.01. The van der Waals surface area contributed by atoms with Crippen LogP contribution in [0.1, 0.15) is 31.7 Å². The normalized spacial score (nSPS) is 13.2. The van der Waals surface area contributed by atoms with Gasteiger partial charge in [0.25, 0.3) is 0 Å². The van der Waals surface area contributed by atoms with Crippen LogP contribution < -0.4 is 0 Å². The van der Waals surface area contributed by atoms with Gasteiger partial charge >= 0.3 is 0 Å². The molecule has 1 atom stereocenters. The van der Waals surface area contributed by atoms with Gasteiger partial charge in [-0.1, -0.05) is 29.8 Å². The van der Waals surface area contributed by atoms with Gasteiger partial charge in [-0.2, -0.15) is 5.10 Å². The molecule has 1 heterocycles. The average Bonchev–Trinajstić information content (AvgIpc) is 2.43. The molecule has 0 aliphatic rings. The predicted molar refractivity (Wildman–Crippen MR) is 59.3 cm³/mol. The summed E-state index contributed by atoms with van der Waals surface area (Å²) < 4.78 is 1.99. The van der Waals surface area contributed by atoms with Crippen molar-refractivity contribution in [3.63, 3.8) is 0 Å². The number of aromatic nitrogens is 2. The number of hydrogen-bond donors (Lipinski definition) is 0. The lowest BCUT2D eigenvalue weighted by molar-refractivity contribution is 0.675. The van der Waals surface area contributed by atoms with Crippen LogP contribution in [0.25, 0.3) is 0 Å². The Hall–Kier alpha value is -0.310. The third-order valence-electron chi connectivity index (χ3n) is 2.19. The minimum atomic E-state index is 0.590. The molecule has 0 saturated heterocycles. The van der Waals surface area contributed by atoms with E-state index in [9.17, 15) is 0 Å². The van der Waals surface area contributed by atoms with Crippen LogP contribution in [0.3, 0.4) is 0 Å².